The molecule has 7 nitrogen and oxygen atoms in total. The third-order valence-corrected chi connectivity index (χ3v) is 4.53. The number of carboxylic acids is 1. The van der Waals surface area contributed by atoms with E-state index in [1.807, 2.05) is 6.92 Å². The van der Waals surface area contributed by atoms with Crippen molar-refractivity contribution in [2.24, 2.45) is 5.92 Å². The Morgan fingerprint density at radius 2 is 1.96 bits per heavy atom. The fourth-order valence-corrected chi connectivity index (χ4v) is 3.08. The minimum Gasteiger partial charge on any atom is -0.494 e. The highest BCUT2D eigenvalue weighted by molar-refractivity contribution is 5.93. The van der Waals surface area contributed by atoms with Crippen LogP contribution in [0.5, 0.6) is 5.75 Å². The SMILES string of the molecule is CCCC(=O)N1CCCC(C(=O)Nc2ccc(OCCCC(=O)O)cc2)C1. The Balaban J connectivity index is 1.81. The monoisotopic (exact) mass is 376 g/mol. The number of carboxylic acid groups (broad SMARTS) is 1. The average Bonchev–Trinajstić information content (AvgIpc) is 2.66. The maximum absolute atomic E-state index is 12.5. The van der Waals surface area contributed by atoms with Crippen molar-refractivity contribution in [2.45, 2.75) is 45.4 Å². The topological polar surface area (TPSA) is 95.9 Å². The molecule has 0 spiro atoms. The lowest BCUT2D eigenvalue weighted by atomic mass is 9.96. The van der Waals surface area contributed by atoms with Crippen molar-refractivity contribution < 1.29 is 24.2 Å². The Morgan fingerprint density at radius 3 is 2.63 bits per heavy atom. The molecule has 7 heteroatoms. The van der Waals surface area contributed by atoms with Gasteiger partial charge in [-0.15, -0.1) is 0 Å². The highest BCUT2D eigenvalue weighted by Crippen LogP contribution is 2.21. The first-order valence-corrected chi connectivity index (χ1v) is 9.53. The Hall–Kier alpha value is -2.57. The summed E-state index contributed by atoms with van der Waals surface area (Å²) in [5, 5.41) is 11.5. The molecule has 1 unspecified atom stereocenters. The molecule has 1 aliphatic rings. The molecule has 1 aliphatic heterocycles. The predicted octanol–water partition coefficient (Wildman–Crippen LogP) is 2.91. The van der Waals surface area contributed by atoms with E-state index in [0.29, 0.717) is 37.4 Å². The van der Waals surface area contributed by atoms with Crippen LogP contribution in [0.3, 0.4) is 0 Å². The molecule has 148 valence electrons. The molecule has 2 amide bonds. The number of rotatable bonds is 9. The molecular formula is C20H28N2O5. The van der Waals surface area contributed by atoms with Crippen molar-refractivity contribution in [3.63, 3.8) is 0 Å². The molecule has 1 saturated heterocycles. The second-order valence-electron chi connectivity index (χ2n) is 6.79. The van der Waals surface area contributed by atoms with Crippen LogP contribution in [0.2, 0.25) is 0 Å². The van der Waals surface area contributed by atoms with E-state index in [-0.39, 0.29) is 24.2 Å². The van der Waals surface area contributed by atoms with E-state index in [1.165, 1.54) is 0 Å². The number of hydrogen-bond donors (Lipinski definition) is 2. The number of nitrogens with one attached hydrogen (secondary N) is 1. The third kappa shape index (κ3) is 6.92. The molecular weight excluding hydrogens is 348 g/mol. The number of carbonyl (C=O) groups excluding carboxylic acids is 2. The minimum atomic E-state index is -0.839. The molecule has 0 saturated carbocycles. The average molecular weight is 376 g/mol. The van der Waals surface area contributed by atoms with Crippen LogP contribution in [0, 0.1) is 5.92 Å². The van der Waals surface area contributed by atoms with Crippen LogP contribution >= 0.6 is 0 Å². The zero-order chi connectivity index (χ0) is 19.6. The van der Waals surface area contributed by atoms with Gasteiger partial charge in [0.05, 0.1) is 12.5 Å². The largest absolute Gasteiger partial charge is 0.494 e. The van der Waals surface area contributed by atoms with Gasteiger partial charge in [-0.25, -0.2) is 0 Å². The number of anilines is 1. The van der Waals surface area contributed by atoms with Gasteiger partial charge in [0.15, 0.2) is 0 Å². The van der Waals surface area contributed by atoms with Crippen LogP contribution in [-0.4, -0.2) is 47.5 Å². The van der Waals surface area contributed by atoms with Crippen LogP contribution in [0.25, 0.3) is 0 Å². The zero-order valence-corrected chi connectivity index (χ0v) is 15.8. The van der Waals surface area contributed by atoms with Gasteiger partial charge in [0.1, 0.15) is 5.75 Å². The lowest BCUT2D eigenvalue weighted by Gasteiger charge is -2.32. The number of nitrogens with zero attached hydrogens (tertiary/aromatic N) is 1. The van der Waals surface area contributed by atoms with Crippen LogP contribution in [0.4, 0.5) is 5.69 Å². The summed E-state index contributed by atoms with van der Waals surface area (Å²) in [7, 11) is 0. The number of hydrogen-bond acceptors (Lipinski definition) is 4. The van der Waals surface area contributed by atoms with E-state index < -0.39 is 5.97 Å². The van der Waals surface area contributed by atoms with Crippen molar-refractivity contribution in [1.29, 1.82) is 0 Å². The van der Waals surface area contributed by atoms with Gasteiger partial charge in [0.25, 0.3) is 0 Å². The quantitative estimate of drug-likeness (QED) is 0.646. The Labute approximate surface area is 159 Å². The standard InChI is InChI=1S/C20H28N2O5/c1-2-5-18(23)22-12-3-6-15(14-22)20(26)21-16-8-10-17(11-9-16)27-13-4-7-19(24)25/h8-11,15H,2-7,12-14H2,1H3,(H,21,26)(H,24,25). The van der Waals surface area contributed by atoms with Crippen molar-refractivity contribution in [2.75, 3.05) is 25.0 Å². The summed E-state index contributed by atoms with van der Waals surface area (Å²) in [6.45, 7) is 3.53. The maximum Gasteiger partial charge on any atom is 0.303 e. The highest BCUT2D eigenvalue weighted by atomic mass is 16.5. The Bertz CT molecular complexity index is 644. The normalized spacial score (nSPS) is 16.6. The van der Waals surface area contributed by atoms with Crippen molar-refractivity contribution >= 4 is 23.5 Å². The summed E-state index contributed by atoms with van der Waals surface area (Å²) in [6.07, 6.45) is 3.50. The number of amides is 2. The maximum atomic E-state index is 12.5. The van der Waals surface area contributed by atoms with Gasteiger partial charge in [-0.3, -0.25) is 14.4 Å². The summed E-state index contributed by atoms with van der Waals surface area (Å²) >= 11 is 0. The number of aliphatic carboxylic acids is 1. The first kappa shape index (κ1) is 20.7. The number of carbonyl (C=O) groups is 3. The van der Waals surface area contributed by atoms with Gasteiger partial charge in [-0.05, 0) is 49.9 Å². The van der Waals surface area contributed by atoms with Gasteiger partial charge in [0, 0.05) is 31.6 Å². The predicted molar refractivity (Wildman–Crippen MR) is 102 cm³/mol. The van der Waals surface area contributed by atoms with Crippen molar-refractivity contribution in [3.8, 4) is 5.75 Å². The number of ether oxygens (including phenoxy) is 1. The van der Waals surface area contributed by atoms with E-state index in [4.69, 9.17) is 9.84 Å². The summed E-state index contributed by atoms with van der Waals surface area (Å²) in [5.41, 5.74) is 0.676. The summed E-state index contributed by atoms with van der Waals surface area (Å²) in [5.74, 6) is -0.341. The first-order chi connectivity index (χ1) is 13.0. The van der Waals surface area contributed by atoms with Gasteiger partial charge in [0.2, 0.25) is 11.8 Å². The molecule has 2 N–H and O–H groups in total. The number of likely N-dealkylation sites (tertiary alicyclic amines) is 1. The zero-order valence-electron chi connectivity index (χ0n) is 15.8. The van der Waals surface area contributed by atoms with E-state index in [0.717, 1.165) is 25.8 Å². The molecule has 0 bridgehead atoms. The number of benzene rings is 1. The van der Waals surface area contributed by atoms with Crippen LogP contribution < -0.4 is 10.1 Å². The molecule has 0 radical (unpaired) electrons. The summed E-state index contributed by atoms with van der Waals surface area (Å²) in [6, 6.07) is 7.00. The molecule has 1 aromatic rings. The lowest BCUT2D eigenvalue weighted by molar-refractivity contribution is -0.137. The van der Waals surface area contributed by atoms with E-state index >= 15 is 0 Å². The van der Waals surface area contributed by atoms with Crippen molar-refractivity contribution in [1.82, 2.24) is 4.90 Å². The summed E-state index contributed by atoms with van der Waals surface area (Å²) in [4.78, 5) is 36.8. The van der Waals surface area contributed by atoms with E-state index in [9.17, 15) is 14.4 Å². The molecule has 1 aromatic carbocycles. The van der Waals surface area contributed by atoms with E-state index in [2.05, 4.69) is 5.32 Å². The Kier molecular flexibility index (Phi) is 8.10. The second kappa shape index (κ2) is 10.5. The van der Waals surface area contributed by atoms with Gasteiger partial charge in [-0.2, -0.15) is 0 Å². The fourth-order valence-electron chi connectivity index (χ4n) is 3.08. The summed E-state index contributed by atoms with van der Waals surface area (Å²) < 4.78 is 5.48. The Morgan fingerprint density at radius 1 is 1.22 bits per heavy atom. The van der Waals surface area contributed by atoms with Gasteiger partial charge >= 0.3 is 5.97 Å². The smallest absolute Gasteiger partial charge is 0.303 e. The minimum absolute atomic E-state index is 0.0703. The number of piperidine rings is 1. The molecule has 1 fully saturated rings. The first-order valence-electron chi connectivity index (χ1n) is 9.53. The molecule has 1 atom stereocenters. The third-order valence-electron chi connectivity index (χ3n) is 4.53. The van der Waals surface area contributed by atoms with E-state index in [1.54, 1.807) is 29.2 Å². The van der Waals surface area contributed by atoms with Crippen LogP contribution in [0.1, 0.15) is 45.4 Å². The lowest BCUT2D eigenvalue weighted by Crippen LogP contribution is -2.43. The van der Waals surface area contributed by atoms with Gasteiger partial charge in [-0.1, -0.05) is 6.92 Å². The molecule has 0 aliphatic carbocycles. The van der Waals surface area contributed by atoms with Crippen LogP contribution in [-0.2, 0) is 14.4 Å². The van der Waals surface area contributed by atoms with Gasteiger partial charge < -0.3 is 20.1 Å². The second-order valence-corrected chi connectivity index (χ2v) is 6.79. The molecule has 1 heterocycles. The molecule has 27 heavy (non-hydrogen) atoms. The molecule has 0 aromatic heterocycles. The highest BCUT2D eigenvalue weighted by Gasteiger charge is 2.28. The van der Waals surface area contributed by atoms with Crippen LogP contribution in [0.15, 0.2) is 24.3 Å². The fraction of sp³-hybridized carbons (Fsp3) is 0.550. The molecule has 2 rings (SSSR count). The van der Waals surface area contributed by atoms with Crippen molar-refractivity contribution in [3.05, 3.63) is 24.3 Å².